The van der Waals surface area contributed by atoms with Crippen molar-refractivity contribution in [3.63, 3.8) is 0 Å². The summed E-state index contributed by atoms with van der Waals surface area (Å²) in [6.07, 6.45) is 1.45. The van der Waals surface area contributed by atoms with E-state index in [0.717, 1.165) is 54.7 Å². The molecule has 0 aromatic carbocycles. The number of aryl methyl sites for hydroxylation is 1. The summed E-state index contributed by atoms with van der Waals surface area (Å²) >= 11 is 8.37. The van der Waals surface area contributed by atoms with Gasteiger partial charge in [-0.15, -0.1) is 11.3 Å². The number of aliphatic hydroxyl groups excluding tert-OH is 1. The van der Waals surface area contributed by atoms with Crippen LogP contribution in [0.15, 0.2) is 17.6 Å². The molecule has 33 heavy (non-hydrogen) atoms. The molecule has 13 heteroatoms. The molecule has 4 heterocycles. The fourth-order valence-corrected chi connectivity index (χ4v) is 5.22. The van der Waals surface area contributed by atoms with Crippen LogP contribution in [-0.4, -0.2) is 70.2 Å². The summed E-state index contributed by atoms with van der Waals surface area (Å²) in [6.45, 7) is 5.29. The van der Waals surface area contributed by atoms with Gasteiger partial charge in [-0.2, -0.15) is 0 Å². The van der Waals surface area contributed by atoms with Crippen molar-refractivity contribution in [1.29, 1.82) is 0 Å². The third-order valence-corrected chi connectivity index (χ3v) is 7.37. The SMILES string of the molecule is Cc1nc(Nc2ncc(C(=O)Nc3c(Cl)csc3CF)s2)cc(N2CCN(CCO)CC2)n1. The Morgan fingerprint density at radius 3 is 2.82 bits per heavy atom. The van der Waals surface area contributed by atoms with Crippen LogP contribution < -0.4 is 15.5 Å². The van der Waals surface area contributed by atoms with E-state index >= 15 is 0 Å². The molecule has 1 aliphatic heterocycles. The van der Waals surface area contributed by atoms with Crippen molar-refractivity contribution in [3.8, 4) is 0 Å². The molecule has 3 aromatic rings. The summed E-state index contributed by atoms with van der Waals surface area (Å²) in [5, 5.41) is 17.3. The molecule has 3 aromatic heterocycles. The van der Waals surface area contributed by atoms with Gasteiger partial charge in [0, 0.05) is 44.2 Å². The first-order valence-corrected chi connectivity index (χ1v) is 12.3. The second-order valence-corrected chi connectivity index (χ2v) is 9.74. The lowest BCUT2D eigenvalue weighted by Gasteiger charge is -2.35. The van der Waals surface area contributed by atoms with Crippen LogP contribution in [0.4, 0.5) is 26.8 Å². The molecular weight excluding hydrogens is 489 g/mol. The van der Waals surface area contributed by atoms with Crippen LogP contribution in [0.1, 0.15) is 20.4 Å². The molecule has 0 saturated carbocycles. The van der Waals surface area contributed by atoms with E-state index in [0.29, 0.717) is 43.8 Å². The molecule has 1 fully saturated rings. The van der Waals surface area contributed by atoms with Crippen LogP contribution in [0.3, 0.4) is 0 Å². The normalized spacial score (nSPS) is 14.5. The number of carbonyl (C=O) groups excluding carboxylic acids is 1. The minimum absolute atomic E-state index is 0.159. The van der Waals surface area contributed by atoms with Crippen molar-refractivity contribution in [3.05, 3.63) is 38.2 Å². The lowest BCUT2D eigenvalue weighted by Crippen LogP contribution is -2.47. The molecule has 3 N–H and O–H groups in total. The van der Waals surface area contributed by atoms with Gasteiger partial charge in [0.05, 0.1) is 28.4 Å². The summed E-state index contributed by atoms with van der Waals surface area (Å²) in [7, 11) is 0. The number of alkyl halides is 1. The van der Waals surface area contributed by atoms with Crippen molar-refractivity contribution >= 4 is 62.6 Å². The second kappa shape index (κ2) is 10.7. The quantitative estimate of drug-likeness (QED) is 0.421. The minimum Gasteiger partial charge on any atom is -0.395 e. The van der Waals surface area contributed by atoms with E-state index in [1.54, 1.807) is 5.38 Å². The molecule has 0 unspecified atom stereocenters. The van der Waals surface area contributed by atoms with Crippen LogP contribution in [0.5, 0.6) is 0 Å². The topological polar surface area (TPSA) is 107 Å². The standard InChI is InChI=1S/C20H23ClFN7O2S2/c1-12-24-16(8-17(25-12)29-4-2-28(3-5-29)6-7-30)26-20-23-10-15(33-20)19(31)27-18-13(21)11-32-14(18)9-22/h8,10-11,30H,2-7,9H2,1H3,(H,27,31)(H,23,24,25,26). The van der Waals surface area contributed by atoms with E-state index in [4.69, 9.17) is 16.7 Å². The third kappa shape index (κ3) is 5.76. The Labute approximate surface area is 203 Å². The van der Waals surface area contributed by atoms with Gasteiger partial charge < -0.3 is 20.6 Å². The molecule has 176 valence electrons. The highest BCUT2D eigenvalue weighted by Gasteiger charge is 2.20. The predicted molar refractivity (Wildman–Crippen MR) is 130 cm³/mol. The highest BCUT2D eigenvalue weighted by molar-refractivity contribution is 7.17. The number of β-amino-alcohol motifs (C(OH)–C–C–N with tert-alkyl or cyclic N) is 1. The van der Waals surface area contributed by atoms with Crippen molar-refractivity contribution in [2.45, 2.75) is 13.6 Å². The summed E-state index contributed by atoms with van der Waals surface area (Å²) in [5.41, 5.74) is 0.298. The fraction of sp³-hybridized carbons (Fsp3) is 0.400. The van der Waals surface area contributed by atoms with Gasteiger partial charge in [-0.25, -0.2) is 19.3 Å². The van der Waals surface area contributed by atoms with E-state index in [-0.39, 0.29) is 6.61 Å². The molecule has 1 aliphatic rings. The first-order chi connectivity index (χ1) is 16.0. The molecule has 0 spiro atoms. The lowest BCUT2D eigenvalue weighted by molar-refractivity contribution is 0.103. The van der Waals surface area contributed by atoms with Gasteiger partial charge in [-0.3, -0.25) is 9.69 Å². The van der Waals surface area contributed by atoms with Crippen LogP contribution >= 0.6 is 34.3 Å². The molecule has 0 aliphatic carbocycles. The number of thiophene rings is 1. The largest absolute Gasteiger partial charge is 0.395 e. The van der Waals surface area contributed by atoms with Crippen molar-refractivity contribution in [1.82, 2.24) is 19.9 Å². The number of nitrogens with one attached hydrogen (secondary N) is 2. The van der Waals surface area contributed by atoms with Gasteiger partial charge in [0.25, 0.3) is 5.91 Å². The summed E-state index contributed by atoms with van der Waals surface area (Å²) in [4.78, 5) is 31.0. The van der Waals surface area contributed by atoms with E-state index in [9.17, 15) is 9.18 Å². The second-order valence-electron chi connectivity index (χ2n) is 7.34. The van der Waals surface area contributed by atoms with Gasteiger partial charge in [-0.05, 0) is 6.92 Å². The Hall–Kier alpha value is -2.38. The van der Waals surface area contributed by atoms with Gasteiger partial charge in [0.1, 0.15) is 29.0 Å². The number of aliphatic hydroxyl groups is 1. The Bertz CT molecular complexity index is 1120. The van der Waals surface area contributed by atoms with Gasteiger partial charge in [0.15, 0.2) is 5.13 Å². The van der Waals surface area contributed by atoms with Gasteiger partial charge >= 0.3 is 0 Å². The minimum atomic E-state index is -0.700. The maximum atomic E-state index is 13.1. The Morgan fingerprint density at radius 2 is 2.09 bits per heavy atom. The van der Waals surface area contributed by atoms with E-state index in [1.165, 1.54) is 6.20 Å². The van der Waals surface area contributed by atoms with Gasteiger partial charge in [0.2, 0.25) is 0 Å². The molecule has 0 bridgehead atoms. The average molecular weight is 512 g/mol. The number of amides is 1. The first-order valence-electron chi connectivity index (χ1n) is 10.3. The van der Waals surface area contributed by atoms with Crippen molar-refractivity contribution < 1.29 is 14.3 Å². The third-order valence-electron chi connectivity index (χ3n) is 5.08. The molecule has 0 atom stereocenters. The van der Waals surface area contributed by atoms with Crippen LogP contribution in [-0.2, 0) is 6.67 Å². The van der Waals surface area contributed by atoms with Crippen LogP contribution in [0, 0.1) is 6.92 Å². The number of hydrogen-bond acceptors (Lipinski definition) is 10. The number of nitrogens with zero attached hydrogens (tertiary/aromatic N) is 5. The first kappa shape index (κ1) is 23.8. The number of thiazole rings is 1. The number of halogens is 2. The van der Waals surface area contributed by atoms with Crippen LogP contribution in [0.2, 0.25) is 5.02 Å². The Morgan fingerprint density at radius 1 is 1.30 bits per heavy atom. The molecule has 9 nitrogen and oxygen atoms in total. The Kier molecular flexibility index (Phi) is 7.71. The number of anilines is 4. The maximum absolute atomic E-state index is 13.1. The molecule has 1 amide bonds. The molecule has 0 radical (unpaired) electrons. The zero-order valence-electron chi connectivity index (χ0n) is 17.8. The number of aromatic nitrogens is 3. The smallest absolute Gasteiger partial charge is 0.267 e. The van der Waals surface area contributed by atoms with Crippen LogP contribution in [0.25, 0.3) is 0 Å². The number of carbonyl (C=O) groups is 1. The average Bonchev–Trinajstić information content (AvgIpc) is 3.41. The van der Waals surface area contributed by atoms with Crippen molar-refractivity contribution in [2.24, 2.45) is 0 Å². The summed E-state index contributed by atoms with van der Waals surface area (Å²) in [6, 6.07) is 1.86. The summed E-state index contributed by atoms with van der Waals surface area (Å²) < 4.78 is 13.1. The predicted octanol–water partition coefficient (Wildman–Crippen LogP) is 3.54. The lowest BCUT2D eigenvalue weighted by atomic mass is 10.3. The number of rotatable bonds is 8. The fourth-order valence-electron chi connectivity index (χ4n) is 3.44. The molecule has 1 saturated heterocycles. The summed E-state index contributed by atoms with van der Waals surface area (Å²) in [5.74, 6) is 1.61. The number of piperazine rings is 1. The highest BCUT2D eigenvalue weighted by atomic mass is 35.5. The molecule has 4 rings (SSSR count). The Balaban J connectivity index is 1.43. The van der Waals surface area contributed by atoms with E-state index < -0.39 is 12.6 Å². The monoisotopic (exact) mass is 511 g/mol. The zero-order valence-corrected chi connectivity index (χ0v) is 20.2. The maximum Gasteiger partial charge on any atom is 0.267 e. The molecular formula is C20H23ClFN7O2S2. The van der Waals surface area contributed by atoms with Gasteiger partial charge in [-0.1, -0.05) is 22.9 Å². The van der Waals surface area contributed by atoms with E-state index in [1.807, 2.05) is 13.0 Å². The van der Waals surface area contributed by atoms with E-state index in [2.05, 4.69) is 35.4 Å². The number of hydrogen-bond donors (Lipinski definition) is 3. The van der Waals surface area contributed by atoms with Crippen molar-refractivity contribution in [2.75, 3.05) is 54.9 Å². The highest BCUT2D eigenvalue weighted by Crippen LogP contribution is 2.34. The zero-order chi connectivity index (χ0) is 23.4.